The molecule has 0 aliphatic heterocycles. The highest BCUT2D eigenvalue weighted by Gasteiger charge is 2.24. The summed E-state index contributed by atoms with van der Waals surface area (Å²) in [6.45, 7) is 0.501. The van der Waals surface area contributed by atoms with Crippen LogP contribution in [0.2, 0.25) is 0 Å². The van der Waals surface area contributed by atoms with Gasteiger partial charge in [0.15, 0.2) is 5.65 Å². The van der Waals surface area contributed by atoms with Crippen molar-refractivity contribution < 1.29 is 4.79 Å². The molecule has 31 heavy (non-hydrogen) atoms. The Kier molecular flexibility index (Phi) is 4.80. The number of carbonyl (C=O) groups excluding carboxylic acids is 1. The minimum Gasteiger partial charge on any atom is -0.384 e. The topological polar surface area (TPSA) is 85.8 Å². The Hall–Kier alpha value is -4.19. The molecule has 2 heterocycles. The molecule has 3 N–H and O–H groups in total. The van der Waals surface area contributed by atoms with Crippen LogP contribution in [0.5, 0.6) is 0 Å². The monoisotopic (exact) mass is 407 g/mol. The minimum absolute atomic E-state index is 0.252. The van der Waals surface area contributed by atoms with Crippen LogP contribution in [0.15, 0.2) is 84.9 Å². The number of nitrogens with one attached hydrogen (secondary N) is 1. The average Bonchev–Trinajstić information content (AvgIpc) is 3.09. The first-order valence-corrected chi connectivity index (χ1v) is 10.2. The lowest BCUT2D eigenvalue weighted by molar-refractivity contribution is 0.0956. The van der Waals surface area contributed by atoms with Crippen molar-refractivity contribution in [2.24, 2.45) is 0 Å². The van der Waals surface area contributed by atoms with E-state index in [1.807, 2.05) is 84.9 Å². The van der Waals surface area contributed by atoms with Crippen LogP contribution in [0.4, 0.5) is 5.82 Å². The van der Waals surface area contributed by atoms with Gasteiger partial charge in [-0.2, -0.15) is 0 Å². The van der Waals surface area contributed by atoms with Crippen LogP contribution < -0.4 is 11.1 Å². The third kappa shape index (κ3) is 3.48. The first-order chi connectivity index (χ1) is 15.2. The van der Waals surface area contributed by atoms with Crippen molar-refractivity contribution in [2.75, 3.05) is 12.3 Å². The third-order valence-electron chi connectivity index (χ3n) is 5.28. The Morgan fingerprint density at radius 1 is 0.839 bits per heavy atom. The average molecular weight is 407 g/mol. The van der Waals surface area contributed by atoms with Gasteiger partial charge in [0.25, 0.3) is 5.91 Å². The lowest BCUT2D eigenvalue weighted by Gasteiger charge is -2.08. The van der Waals surface area contributed by atoms with Gasteiger partial charge in [-0.25, -0.2) is 9.97 Å². The van der Waals surface area contributed by atoms with Crippen molar-refractivity contribution in [3.63, 3.8) is 0 Å². The van der Waals surface area contributed by atoms with Gasteiger partial charge in [-0.3, -0.25) is 9.36 Å². The summed E-state index contributed by atoms with van der Waals surface area (Å²) in [6.07, 6.45) is 0.735. The highest BCUT2D eigenvalue weighted by atomic mass is 16.1. The van der Waals surface area contributed by atoms with Crippen molar-refractivity contribution in [2.45, 2.75) is 6.42 Å². The molecule has 6 nitrogen and oxygen atoms in total. The second-order valence-corrected chi connectivity index (χ2v) is 7.31. The number of amides is 1. The Balaban J connectivity index is 1.59. The fraction of sp³-hybridized carbons (Fsp3) is 0.0800. The number of benzene rings is 3. The Morgan fingerprint density at radius 2 is 1.45 bits per heavy atom. The molecule has 152 valence electrons. The smallest absolute Gasteiger partial charge is 0.257 e. The van der Waals surface area contributed by atoms with Crippen LogP contribution in [-0.4, -0.2) is 27.0 Å². The molecule has 0 aliphatic rings. The first kappa shape index (κ1) is 18.8. The van der Waals surface area contributed by atoms with E-state index < -0.39 is 0 Å². The van der Waals surface area contributed by atoms with Crippen LogP contribution in [0.25, 0.3) is 27.9 Å². The number of rotatable bonds is 5. The third-order valence-corrected chi connectivity index (χ3v) is 5.28. The molecule has 6 heteroatoms. The van der Waals surface area contributed by atoms with Gasteiger partial charge in [0.1, 0.15) is 16.9 Å². The molecule has 0 atom stereocenters. The van der Waals surface area contributed by atoms with Gasteiger partial charge in [0.2, 0.25) is 0 Å². The van der Waals surface area contributed by atoms with Crippen LogP contribution in [0.1, 0.15) is 15.9 Å². The van der Waals surface area contributed by atoms with Crippen molar-refractivity contribution in [3.05, 3.63) is 96.1 Å². The highest BCUT2D eigenvalue weighted by molar-refractivity contribution is 6.11. The SMILES string of the molecule is Nc1c(C(=O)NCCc2ccccc2)c2nc3ccccc3nc2n1-c1ccccc1. The van der Waals surface area contributed by atoms with Gasteiger partial charge >= 0.3 is 0 Å². The molecule has 0 aliphatic carbocycles. The van der Waals surface area contributed by atoms with E-state index in [1.54, 1.807) is 4.57 Å². The maximum Gasteiger partial charge on any atom is 0.257 e. The van der Waals surface area contributed by atoms with E-state index in [-0.39, 0.29) is 5.91 Å². The quantitative estimate of drug-likeness (QED) is 0.459. The second kappa shape index (κ2) is 7.91. The molecule has 3 aromatic carbocycles. The van der Waals surface area contributed by atoms with Crippen molar-refractivity contribution in [1.82, 2.24) is 19.9 Å². The van der Waals surface area contributed by atoms with E-state index in [2.05, 4.69) is 5.32 Å². The molecule has 0 saturated heterocycles. The summed E-state index contributed by atoms with van der Waals surface area (Å²) in [5.41, 5.74) is 11.4. The maximum absolute atomic E-state index is 13.2. The standard InChI is InChI=1S/C25H21N5O/c26-23-21(25(31)27-16-15-17-9-3-1-4-10-17)22-24(30(23)18-11-5-2-6-12-18)29-20-14-8-7-13-19(20)28-22/h1-14H,15-16,26H2,(H,27,31). The minimum atomic E-state index is -0.252. The summed E-state index contributed by atoms with van der Waals surface area (Å²) >= 11 is 0. The van der Waals surface area contributed by atoms with E-state index in [0.717, 1.165) is 28.7 Å². The summed E-state index contributed by atoms with van der Waals surface area (Å²) in [4.78, 5) is 22.7. The number of hydrogen-bond donors (Lipinski definition) is 2. The van der Waals surface area contributed by atoms with E-state index in [4.69, 9.17) is 15.7 Å². The number of nitrogen functional groups attached to an aromatic ring is 1. The van der Waals surface area contributed by atoms with Crippen LogP contribution in [0.3, 0.4) is 0 Å². The lowest BCUT2D eigenvalue weighted by atomic mass is 10.1. The van der Waals surface area contributed by atoms with E-state index in [0.29, 0.717) is 29.1 Å². The van der Waals surface area contributed by atoms with Gasteiger partial charge in [-0.15, -0.1) is 0 Å². The molecule has 1 amide bonds. The van der Waals surface area contributed by atoms with Crippen molar-refractivity contribution in [1.29, 1.82) is 0 Å². The zero-order valence-electron chi connectivity index (χ0n) is 16.8. The fourth-order valence-electron chi connectivity index (χ4n) is 3.78. The zero-order valence-corrected chi connectivity index (χ0v) is 16.8. The Labute approximate surface area is 179 Å². The number of anilines is 1. The molecule has 0 radical (unpaired) electrons. The van der Waals surface area contributed by atoms with Crippen molar-refractivity contribution in [3.8, 4) is 5.69 Å². The zero-order chi connectivity index (χ0) is 21.2. The van der Waals surface area contributed by atoms with Gasteiger partial charge in [0.05, 0.1) is 11.0 Å². The number of fused-ring (bicyclic) bond motifs is 2. The number of nitrogens with two attached hydrogens (primary N) is 1. The predicted molar refractivity (Wildman–Crippen MR) is 123 cm³/mol. The summed E-state index contributed by atoms with van der Waals surface area (Å²) in [7, 11) is 0. The first-order valence-electron chi connectivity index (χ1n) is 10.2. The maximum atomic E-state index is 13.2. The summed E-state index contributed by atoms with van der Waals surface area (Å²) in [6, 6.07) is 27.3. The Bertz CT molecular complexity index is 1380. The molecular formula is C25H21N5O. The number of nitrogens with zero attached hydrogens (tertiary/aromatic N) is 3. The number of hydrogen-bond acceptors (Lipinski definition) is 4. The number of para-hydroxylation sites is 3. The molecule has 0 saturated carbocycles. The van der Waals surface area contributed by atoms with Crippen LogP contribution in [0, 0.1) is 0 Å². The van der Waals surface area contributed by atoms with E-state index >= 15 is 0 Å². The van der Waals surface area contributed by atoms with E-state index in [9.17, 15) is 4.79 Å². The molecule has 2 aromatic heterocycles. The van der Waals surface area contributed by atoms with Gasteiger partial charge < -0.3 is 11.1 Å². The predicted octanol–water partition coefficient (Wildman–Crippen LogP) is 4.13. The highest BCUT2D eigenvalue weighted by Crippen LogP contribution is 2.30. The summed E-state index contributed by atoms with van der Waals surface area (Å²) < 4.78 is 1.79. The largest absolute Gasteiger partial charge is 0.384 e. The van der Waals surface area contributed by atoms with Crippen LogP contribution >= 0.6 is 0 Å². The molecule has 0 fully saturated rings. The Morgan fingerprint density at radius 3 is 2.16 bits per heavy atom. The molecule has 5 rings (SSSR count). The second-order valence-electron chi connectivity index (χ2n) is 7.31. The molecule has 0 unspecified atom stereocenters. The van der Waals surface area contributed by atoms with Gasteiger partial charge in [0, 0.05) is 12.2 Å². The molecule has 5 aromatic rings. The fourth-order valence-corrected chi connectivity index (χ4v) is 3.78. The number of carbonyl (C=O) groups is 1. The summed E-state index contributed by atoms with van der Waals surface area (Å²) in [5, 5.41) is 2.99. The molecule has 0 spiro atoms. The van der Waals surface area contributed by atoms with Crippen LogP contribution in [-0.2, 0) is 6.42 Å². The van der Waals surface area contributed by atoms with Gasteiger partial charge in [-0.05, 0) is 36.2 Å². The van der Waals surface area contributed by atoms with Gasteiger partial charge in [-0.1, -0.05) is 60.7 Å². The normalized spacial score (nSPS) is 11.1. The van der Waals surface area contributed by atoms with Crippen molar-refractivity contribution >= 4 is 33.9 Å². The number of aromatic nitrogens is 3. The lowest BCUT2D eigenvalue weighted by Crippen LogP contribution is -2.26. The molecule has 0 bridgehead atoms. The summed E-state index contributed by atoms with van der Waals surface area (Å²) in [5.74, 6) is 0.0754. The van der Waals surface area contributed by atoms with E-state index in [1.165, 1.54) is 0 Å². The molecular weight excluding hydrogens is 386 g/mol.